The number of carbonyl (C=O) groups excluding carboxylic acids is 2. The molecule has 0 bridgehead atoms. The summed E-state index contributed by atoms with van der Waals surface area (Å²) in [6.07, 6.45) is 1.72. The Hall–Kier alpha value is -1.28. The van der Waals surface area contributed by atoms with Crippen molar-refractivity contribution in [2.24, 2.45) is 0 Å². The zero-order valence-corrected chi connectivity index (χ0v) is 14.8. The summed E-state index contributed by atoms with van der Waals surface area (Å²) in [6.45, 7) is 2.69. The number of hydrogen-bond donors (Lipinski definition) is 0. The monoisotopic (exact) mass is 394 g/mol. The molecule has 24 heavy (non-hydrogen) atoms. The molecule has 3 aliphatic heterocycles. The second-order valence-electron chi connectivity index (χ2n) is 6.41. The van der Waals surface area contributed by atoms with Gasteiger partial charge in [0.15, 0.2) is 5.79 Å². The molecule has 3 aliphatic rings. The van der Waals surface area contributed by atoms with Crippen LogP contribution in [0.15, 0.2) is 28.7 Å². The van der Waals surface area contributed by atoms with Crippen LogP contribution >= 0.6 is 15.9 Å². The average molecular weight is 395 g/mol. The summed E-state index contributed by atoms with van der Waals surface area (Å²) in [7, 11) is 0. The van der Waals surface area contributed by atoms with Crippen molar-refractivity contribution in [1.29, 1.82) is 0 Å². The first-order valence-corrected chi connectivity index (χ1v) is 9.02. The van der Waals surface area contributed by atoms with Crippen molar-refractivity contribution in [2.45, 2.75) is 31.1 Å². The van der Waals surface area contributed by atoms with Crippen LogP contribution in [0.5, 0.6) is 0 Å². The zero-order chi connectivity index (χ0) is 16.7. The number of anilines is 1. The fourth-order valence-electron chi connectivity index (χ4n) is 3.72. The predicted octanol–water partition coefficient (Wildman–Crippen LogP) is 1.92. The third-order valence-corrected chi connectivity index (χ3v) is 5.55. The van der Waals surface area contributed by atoms with E-state index in [-0.39, 0.29) is 24.3 Å². The fourth-order valence-corrected chi connectivity index (χ4v) is 3.99. The molecule has 0 unspecified atom stereocenters. The highest BCUT2D eigenvalue weighted by Gasteiger charge is 2.47. The normalized spacial score (nSPS) is 27.4. The maximum atomic E-state index is 12.8. The van der Waals surface area contributed by atoms with Gasteiger partial charge in [0.1, 0.15) is 0 Å². The van der Waals surface area contributed by atoms with Crippen molar-refractivity contribution in [1.82, 2.24) is 4.90 Å². The van der Waals surface area contributed by atoms with Gasteiger partial charge in [-0.25, -0.2) is 4.90 Å². The van der Waals surface area contributed by atoms with E-state index in [1.165, 1.54) is 4.90 Å². The Kier molecular flexibility index (Phi) is 4.20. The van der Waals surface area contributed by atoms with E-state index in [1.807, 2.05) is 12.1 Å². The standard InChI is InChI=1S/C17H19BrN2O4/c18-12-1-3-13(4-2-12)20-15(21)11-14(16(20)22)19-7-5-17(6-8-19)23-9-10-24-17/h1-4,14H,5-11H2/t14-/m1/s1. The first-order valence-electron chi connectivity index (χ1n) is 8.22. The lowest BCUT2D eigenvalue weighted by molar-refractivity contribution is -0.188. The van der Waals surface area contributed by atoms with Crippen LogP contribution < -0.4 is 4.90 Å². The van der Waals surface area contributed by atoms with Crippen LogP contribution in [-0.4, -0.2) is 54.8 Å². The number of rotatable bonds is 2. The topological polar surface area (TPSA) is 59.1 Å². The molecule has 4 rings (SSSR count). The highest BCUT2D eigenvalue weighted by Crippen LogP contribution is 2.34. The second kappa shape index (κ2) is 6.22. The van der Waals surface area contributed by atoms with Crippen molar-refractivity contribution in [3.05, 3.63) is 28.7 Å². The summed E-state index contributed by atoms with van der Waals surface area (Å²) >= 11 is 3.37. The molecule has 3 saturated heterocycles. The quantitative estimate of drug-likeness (QED) is 0.717. The van der Waals surface area contributed by atoms with E-state index in [1.54, 1.807) is 12.1 Å². The molecule has 0 aliphatic carbocycles. The third-order valence-electron chi connectivity index (χ3n) is 5.02. The van der Waals surface area contributed by atoms with Gasteiger partial charge in [-0.2, -0.15) is 0 Å². The number of carbonyl (C=O) groups is 2. The van der Waals surface area contributed by atoms with Gasteiger partial charge in [-0.3, -0.25) is 14.5 Å². The van der Waals surface area contributed by atoms with Gasteiger partial charge in [0.05, 0.1) is 31.4 Å². The number of hydrogen-bond acceptors (Lipinski definition) is 5. The van der Waals surface area contributed by atoms with Crippen LogP contribution in [0.3, 0.4) is 0 Å². The summed E-state index contributed by atoms with van der Waals surface area (Å²) in [5, 5.41) is 0. The largest absolute Gasteiger partial charge is 0.347 e. The number of imide groups is 1. The van der Waals surface area contributed by atoms with E-state index in [0.29, 0.717) is 32.0 Å². The van der Waals surface area contributed by atoms with Gasteiger partial charge < -0.3 is 9.47 Å². The lowest BCUT2D eigenvalue weighted by Gasteiger charge is -2.39. The van der Waals surface area contributed by atoms with Gasteiger partial charge in [0.25, 0.3) is 5.91 Å². The lowest BCUT2D eigenvalue weighted by atomic mass is 10.0. The number of benzene rings is 1. The molecule has 6 nitrogen and oxygen atoms in total. The van der Waals surface area contributed by atoms with Crippen molar-refractivity contribution in [3.63, 3.8) is 0 Å². The fraction of sp³-hybridized carbons (Fsp3) is 0.529. The Balaban J connectivity index is 1.47. The molecule has 1 atom stereocenters. The Morgan fingerprint density at radius 3 is 2.29 bits per heavy atom. The van der Waals surface area contributed by atoms with Crippen molar-refractivity contribution >= 4 is 33.4 Å². The van der Waals surface area contributed by atoms with Crippen LogP contribution in [0.2, 0.25) is 0 Å². The maximum absolute atomic E-state index is 12.8. The maximum Gasteiger partial charge on any atom is 0.251 e. The van der Waals surface area contributed by atoms with Crippen LogP contribution in [0.4, 0.5) is 5.69 Å². The number of halogens is 1. The van der Waals surface area contributed by atoms with E-state index in [4.69, 9.17) is 9.47 Å². The molecule has 3 heterocycles. The van der Waals surface area contributed by atoms with Gasteiger partial charge in [0, 0.05) is 30.4 Å². The second-order valence-corrected chi connectivity index (χ2v) is 7.32. The first kappa shape index (κ1) is 16.2. The highest BCUT2D eigenvalue weighted by atomic mass is 79.9. The van der Waals surface area contributed by atoms with Gasteiger partial charge >= 0.3 is 0 Å². The minimum Gasteiger partial charge on any atom is -0.347 e. The van der Waals surface area contributed by atoms with E-state index < -0.39 is 5.79 Å². The summed E-state index contributed by atoms with van der Waals surface area (Å²) in [5.74, 6) is -0.736. The van der Waals surface area contributed by atoms with Crippen molar-refractivity contribution in [2.75, 3.05) is 31.2 Å². The Morgan fingerprint density at radius 2 is 1.67 bits per heavy atom. The molecular formula is C17H19BrN2O4. The van der Waals surface area contributed by atoms with E-state index in [2.05, 4.69) is 20.8 Å². The molecule has 1 spiro atoms. The third kappa shape index (κ3) is 2.79. The number of piperidine rings is 1. The molecule has 1 aromatic carbocycles. The van der Waals surface area contributed by atoms with E-state index in [9.17, 15) is 9.59 Å². The van der Waals surface area contributed by atoms with Crippen molar-refractivity contribution < 1.29 is 19.1 Å². The van der Waals surface area contributed by atoms with Crippen LogP contribution in [0, 0.1) is 0 Å². The molecular weight excluding hydrogens is 376 g/mol. The summed E-state index contributed by atoms with van der Waals surface area (Å²) in [4.78, 5) is 28.6. The van der Waals surface area contributed by atoms with Gasteiger partial charge in [-0.15, -0.1) is 0 Å². The summed E-state index contributed by atoms with van der Waals surface area (Å²) in [6, 6.07) is 6.87. The Morgan fingerprint density at radius 1 is 1.04 bits per heavy atom. The lowest BCUT2D eigenvalue weighted by Crippen LogP contribution is -2.51. The van der Waals surface area contributed by atoms with Gasteiger partial charge in [0.2, 0.25) is 5.91 Å². The molecule has 0 aromatic heterocycles. The zero-order valence-electron chi connectivity index (χ0n) is 13.2. The summed E-state index contributed by atoms with van der Waals surface area (Å²) in [5.41, 5.74) is 0.631. The molecule has 0 saturated carbocycles. The molecule has 1 aromatic rings. The number of nitrogens with zero attached hydrogens (tertiary/aromatic N) is 2. The Bertz CT molecular complexity index is 647. The van der Waals surface area contributed by atoms with Crippen molar-refractivity contribution in [3.8, 4) is 0 Å². The molecule has 2 amide bonds. The average Bonchev–Trinajstić information content (AvgIpc) is 3.15. The predicted molar refractivity (Wildman–Crippen MR) is 90.5 cm³/mol. The van der Waals surface area contributed by atoms with Crippen LogP contribution in [-0.2, 0) is 19.1 Å². The van der Waals surface area contributed by atoms with E-state index in [0.717, 1.165) is 17.3 Å². The highest BCUT2D eigenvalue weighted by molar-refractivity contribution is 9.10. The van der Waals surface area contributed by atoms with Crippen LogP contribution in [0.25, 0.3) is 0 Å². The van der Waals surface area contributed by atoms with Gasteiger partial charge in [-0.1, -0.05) is 15.9 Å². The van der Waals surface area contributed by atoms with E-state index >= 15 is 0 Å². The Labute approximate surface area is 148 Å². The molecule has 128 valence electrons. The van der Waals surface area contributed by atoms with Gasteiger partial charge in [-0.05, 0) is 24.3 Å². The molecule has 0 N–H and O–H groups in total. The summed E-state index contributed by atoms with van der Waals surface area (Å²) < 4.78 is 12.4. The minimum absolute atomic E-state index is 0.133. The smallest absolute Gasteiger partial charge is 0.251 e. The van der Waals surface area contributed by atoms with Crippen LogP contribution in [0.1, 0.15) is 19.3 Å². The SMILES string of the molecule is O=C1C[C@@H](N2CCC3(CC2)OCCO3)C(=O)N1c1ccc(Br)cc1. The minimum atomic E-state index is -0.465. The number of amides is 2. The molecule has 0 radical (unpaired) electrons. The number of ether oxygens (including phenoxy) is 2. The first-order chi connectivity index (χ1) is 11.6. The molecule has 7 heteroatoms. The molecule has 3 fully saturated rings. The number of likely N-dealkylation sites (tertiary alicyclic amines) is 1.